The van der Waals surface area contributed by atoms with Crippen LogP contribution < -0.4 is 4.74 Å². The van der Waals surface area contributed by atoms with Crippen LogP contribution in [-0.2, 0) is 11.2 Å². The molecule has 12 heteroatoms. The number of amides is 3. The van der Waals surface area contributed by atoms with Gasteiger partial charge in [-0.2, -0.15) is 0 Å². The first-order valence-corrected chi connectivity index (χ1v) is 15.7. The fraction of sp³-hybridized carbons (Fsp3) is 0.324. The topological polar surface area (TPSA) is 131 Å². The maximum Gasteiger partial charge on any atom is 0.408 e. The van der Waals surface area contributed by atoms with E-state index < -0.39 is 36.3 Å². The number of aryl methyl sites for hydroxylation is 1. The molecule has 0 aromatic heterocycles. The van der Waals surface area contributed by atoms with E-state index in [0.717, 1.165) is 16.0 Å². The number of carbonyl (C=O) groups is 3. The Morgan fingerprint density at radius 1 is 1.02 bits per heavy atom. The van der Waals surface area contributed by atoms with Gasteiger partial charge >= 0.3 is 12.2 Å². The first-order chi connectivity index (χ1) is 22.0. The number of fused-ring (bicyclic) bond motifs is 2. The number of hydrogen-bond donors (Lipinski definition) is 3. The molecule has 1 saturated heterocycles. The van der Waals surface area contributed by atoms with Crippen LogP contribution in [-0.4, -0.2) is 93.5 Å². The predicted octanol–water partition coefficient (Wildman–Crippen LogP) is 5.66. The molecule has 2 aliphatic rings. The molecule has 0 spiro atoms. The van der Waals surface area contributed by atoms with Gasteiger partial charge in [-0.3, -0.25) is 9.69 Å². The summed E-state index contributed by atoms with van der Waals surface area (Å²) in [6, 6.07) is 19.1. The summed E-state index contributed by atoms with van der Waals surface area (Å²) in [5, 5.41) is 30.8. The van der Waals surface area contributed by atoms with E-state index in [9.17, 15) is 34.1 Å². The molecule has 242 valence electrons. The number of carbonyl (C=O) groups excluding carboxylic acids is 1. The third-order valence-corrected chi connectivity index (χ3v) is 9.07. The molecule has 0 saturated carbocycles. The molecule has 0 unspecified atom stereocenters. The summed E-state index contributed by atoms with van der Waals surface area (Å²) in [6.07, 6.45) is -1.87. The number of piperazine rings is 1. The number of nitrogens with zero attached hydrogens (tertiary/aromatic N) is 3. The highest BCUT2D eigenvalue weighted by Gasteiger charge is 2.48. The zero-order valence-corrected chi connectivity index (χ0v) is 26.8. The minimum atomic E-state index is -1.22. The van der Waals surface area contributed by atoms with Crippen molar-refractivity contribution in [2.75, 3.05) is 33.3 Å². The summed E-state index contributed by atoms with van der Waals surface area (Å²) >= 11 is 3.36. The van der Waals surface area contributed by atoms with Gasteiger partial charge in [0.25, 0.3) is 5.91 Å². The van der Waals surface area contributed by atoms with Crippen LogP contribution in [0.4, 0.5) is 14.0 Å². The van der Waals surface area contributed by atoms with E-state index >= 15 is 0 Å². The van der Waals surface area contributed by atoms with Gasteiger partial charge in [0, 0.05) is 31.8 Å². The second kappa shape index (κ2) is 14.3. The molecule has 2 bridgehead atoms. The minimum Gasteiger partial charge on any atom is -0.492 e. The van der Waals surface area contributed by atoms with Crippen LogP contribution in [0, 0.1) is 5.82 Å². The molecule has 3 aromatic rings. The van der Waals surface area contributed by atoms with Gasteiger partial charge < -0.3 is 29.9 Å². The Morgan fingerprint density at radius 3 is 2.41 bits per heavy atom. The highest BCUT2D eigenvalue weighted by atomic mass is 79.9. The van der Waals surface area contributed by atoms with Crippen molar-refractivity contribution in [2.24, 2.45) is 0 Å². The van der Waals surface area contributed by atoms with Gasteiger partial charge in [-0.25, -0.2) is 14.0 Å². The number of rotatable bonds is 10. The second-order valence-electron chi connectivity index (χ2n) is 11.5. The molecule has 1 fully saturated rings. The molecule has 3 N–H and O–H groups in total. The molecular formula is C34H35BrFN3O7. The van der Waals surface area contributed by atoms with E-state index in [-0.39, 0.29) is 37.4 Å². The van der Waals surface area contributed by atoms with Crippen molar-refractivity contribution in [3.05, 3.63) is 105 Å². The van der Waals surface area contributed by atoms with Crippen LogP contribution >= 0.6 is 15.9 Å². The Kier molecular flexibility index (Phi) is 10.3. The Morgan fingerprint density at radius 2 is 1.74 bits per heavy atom. The van der Waals surface area contributed by atoms with Crippen molar-refractivity contribution < 1.29 is 38.8 Å². The number of halogens is 2. The predicted molar refractivity (Wildman–Crippen MR) is 172 cm³/mol. The van der Waals surface area contributed by atoms with Crippen LogP contribution in [0.15, 0.2) is 82.8 Å². The number of ether oxygens (including phenoxy) is 1. The third-order valence-electron chi connectivity index (χ3n) is 8.41. The maximum absolute atomic E-state index is 14.1. The number of carboxylic acid groups (broad SMARTS) is 2. The van der Waals surface area contributed by atoms with Crippen molar-refractivity contribution in [3.8, 4) is 5.75 Å². The average Bonchev–Trinajstić information content (AvgIpc) is 3.04. The zero-order chi connectivity index (χ0) is 33.0. The number of aliphatic hydroxyl groups excluding tert-OH is 1. The number of aliphatic hydroxyl groups is 1. The van der Waals surface area contributed by atoms with Crippen LogP contribution in [0.2, 0.25) is 0 Å². The van der Waals surface area contributed by atoms with Crippen molar-refractivity contribution in [3.63, 3.8) is 0 Å². The van der Waals surface area contributed by atoms with Gasteiger partial charge in [0.2, 0.25) is 0 Å². The molecule has 0 aliphatic carbocycles. The molecule has 3 aromatic carbocycles. The summed E-state index contributed by atoms with van der Waals surface area (Å²) in [5.41, 5.74) is 3.26. The summed E-state index contributed by atoms with van der Waals surface area (Å²) in [4.78, 5) is 42.2. The van der Waals surface area contributed by atoms with Gasteiger partial charge in [-0.05, 0) is 69.6 Å². The maximum atomic E-state index is 14.1. The number of benzene rings is 3. The largest absolute Gasteiger partial charge is 0.492 e. The molecule has 3 atom stereocenters. The Hall–Kier alpha value is -4.42. The lowest BCUT2D eigenvalue weighted by molar-refractivity contribution is -0.128. The fourth-order valence-electron chi connectivity index (χ4n) is 6.15. The summed E-state index contributed by atoms with van der Waals surface area (Å²) in [5.74, 6) is -0.425. The van der Waals surface area contributed by atoms with Crippen LogP contribution in [0.3, 0.4) is 0 Å². The van der Waals surface area contributed by atoms with Crippen molar-refractivity contribution in [1.82, 2.24) is 14.7 Å². The lowest BCUT2D eigenvalue weighted by Gasteiger charge is -2.49. The van der Waals surface area contributed by atoms with E-state index in [1.807, 2.05) is 30.3 Å². The molecular weight excluding hydrogens is 661 g/mol. The number of likely N-dealkylation sites (N-methyl/N-ethyl adjacent to an activating group) is 1. The molecule has 2 heterocycles. The lowest BCUT2D eigenvalue weighted by atomic mass is 9.81. The van der Waals surface area contributed by atoms with Crippen LogP contribution in [0.1, 0.15) is 35.6 Å². The summed E-state index contributed by atoms with van der Waals surface area (Å²) < 4.78 is 19.9. The van der Waals surface area contributed by atoms with E-state index in [0.29, 0.717) is 40.8 Å². The normalized spacial score (nSPS) is 18.3. The molecule has 2 aliphatic heterocycles. The molecule has 10 nitrogen and oxygen atoms in total. The Balaban J connectivity index is 1.39. The average molecular weight is 697 g/mol. The lowest BCUT2D eigenvalue weighted by Crippen LogP contribution is -2.64. The molecule has 5 rings (SSSR count). The van der Waals surface area contributed by atoms with Gasteiger partial charge in [-0.1, -0.05) is 54.6 Å². The monoisotopic (exact) mass is 695 g/mol. The van der Waals surface area contributed by atoms with Crippen LogP contribution in [0.25, 0.3) is 5.57 Å². The van der Waals surface area contributed by atoms with Crippen molar-refractivity contribution in [2.45, 2.75) is 37.5 Å². The summed E-state index contributed by atoms with van der Waals surface area (Å²) in [6.45, 7) is 0.143. The molecule has 0 radical (unpaired) electrons. The van der Waals surface area contributed by atoms with E-state index in [4.69, 9.17) is 4.74 Å². The first-order valence-electron chi connectivity index (χ1n) is 14.9. The van der Waals surface area contributed by atoms with E-state index in [2.05, 4.69) is 15.9 Å². The highest BCUT2D eigenvalue weighted by molar-refractivity contribution is 9.10. The van der Waals surface area contributed by atoms with Crippen molar-refractivity contribution in [1.29, 1.82) is 0 Å². The second-order valence-corrected chi connectivity index (χ2v) is 12.3. The molecule has 3 amide bonds. The minimum absolute atomic E-state index is 0.00875. The smallest absolute Gasteiger partial charge is 0.408 e. The Labute approximate surface area is 274 Å². The van der Waals surface area contributed by atoms with Gasteiger partial charge in [-0.15, -0.1) is 0 Å². The van der Waals surface area contributed by atoms with E-state index in [1.165, 1.54) is 21.9 Å². The van der Waals surface area contributed by atoms with Crippen LogP contribution in [0.5, 0.6) is 5.75 Å². The van der Waals surface area contributed by atoms with Crippen molar-refractivity contribution >= 4 is 39.6 Å². The van der Waals surface area contributed by atoms with Gasteiger partial charge in [0.15, 0.2) is 0 Å². The zero-order valence-electron chi connectivity index (χ0n) is 25.2. The summed E-state index contributed by atoms with van der Waals surface area (Å²) in [7, 11) is 1.54. The third kappa shape index (κ3) is 7.34. The standard InChI is InChI=1S/C34H35BrFN3O7/c1-37(20-29(40)23-7-3-2-4-8-23)32(41)31-26(17-25-18-38(33(42)43)19-28(31)39(25)34(44)45)22-11-9-21(10-12-22)6-5-15-46-30-16-24(36)13-14-27(30)35/h2-4,7-14,16,25,28-29,40H,5-6,15,17-20H2,1H3,(H,42,43)(H,44,45)/t25-,28-,29-/m1/s1. The van der Waals surface area contributed by atoms with Gasteiger partial charge in [0.1, 0.15) is 11.6 Å². The SMILES string of the molecule is CN(C[C@@H](O)c1ccccc1)C(=O)C1=C(c2ccc(CCCOc3cc(F)ccc3Br)cc2)C[C@@H]2CN(C(=O)O)C[C@H]1N2C(=O)O. The number of hydrogen-bond acceptors (Lipinski definition) is 5. The fourth-order valence-corrected chi connectivity index (χ4v) is 6.51. The Bertz CT molecular complexity index is 1620. The molecule has 46 heavy (non-hydrogen) atoms. The van der Waals surface area contributed by atoms with Gasteiger partial charge in [0.05, 0.1) is 35.8 Å². The first kappa shape index (κ1) is 33.0. The highest BCUT2D eigenvalue weighted by Crippen LogP contribution is 2.39. The quantitative estimate of drug-likeness (QED) is 0.233. The van der Waals surface area contributed by atoms with E-state index in [1.54, 1.807) is 37.4 Å².